The molecule has 0 N–H and O–H groups in total. The number of hydrogen-bond acceptors (Lipinski definition) is 5. The number of ether oxygens (including phenoxy) is 1. The lowest BCUT2D eigenvalue weighted by atomic mass is 9.80. The van der Waals surface area contributed by atoms with Crippen molar-refractivity contribution in [1.82, 2.24) is 0 Å². The van der Waals surface area contributed by atoms with Crippen molar-refractivity contribution >= 4 is 16.1 Å². The molecule has 0 amide bonds. The highest BCUT2D eigenvalue weighted by Gasteiger charge is 2.36. The van der Waals surface area contributed by atoms with E-state index in [1.807, 2.05) is 27.7 Å². The molecule has 0 unspecified atom stereocenters. The van der Waals surface area contributed by atoms with E-state index in [-0.39, 0.29) is 22.9 Å². The van der Waals surface area contributed by atoms with Crippen LogP contribution in [0, 0.1) is 12.8 Å². The van der Waals surface area contributed by atoms with Gasteiger partial charge in [0, 0.05) is 6.42 Å². The fraction of sp³-hybridized carbons (Fsp3) is 0.588. The van der Waals surface area contributed by atoms with Gasteiger partial charge in [0.15, 0.2) is 0 Å². The molecule has 0 saturated heterocycles. The van der Waals surface area contributed by atoms with Crippen molar-refractivity contribution in [3.8, 4) is 0 Å². The average Bonchev–Trinajstić information content (AvgIpc) is 2.34. The van der Waals surface area contributed by atoms with Crippen LogP contribution in [0.1, 0.15) is 45.6 Å². The summed E-state index contributed by atoms with van der Waals surface area (Å²) in [5.74, 6) is -0.120. The first-order valence-electron chi connectivity index (χ1n) is 7.77. The van der Waals surface area contributed by atoms with E-state index in [4.69, 9.17) is 8.92 Å². The number of rotatable bonds is 5. The van der Waals surface area contributed by atoms with Crippen molar-refractivity contribution in [2.75, 3.05) is 0 Å². The molecule has 0 atom stereocenters. The zero-order valence-corrected chi connectivity index (χ0v) is 14.9. The number of hydrogen-bond donors (Lipinski definition) is 0. The largest absolute Gasteiger partial charge is 0.460 e. The highest BCUT2D eigenvalue weighted by Crippen LogP contribution is 2.35. The van der Waals surface area contributed by atoms with Gasteiger partial charge >= 0.3 is 5.97 Å². The Morgan fingerprint density at radius 3 is 2.26 bits per heavy atom. The van der Waals surface area contributed by atoms with Gasteiger partial charge in [0.05, 0.1) is 11.0 Å². The molecule has 0 spiro atoms. The smallest absolute Gasteiger partial charge is 0.306 e. The number of esters is 1. The molecule has 0 bridgehead atoms. The van der Waals surface area contributed by atoms with E-state index in [2.05, 4.69) is 0 Å². The normalized spacial score (nSPS) is 21.6. The summed E-state index contributed by atoms with van der Waals surface area (Å²) >= 11 is 0. The molecule has 1 aromatic carbocycles. The third kappa shape index (κ3) is 5.32. The summed E-state index contributed by atoms with van der Waals surface area (Å²) in [6.07, 6.45) is 1.07. The molecule has 2 rings (SSSR count). The van der Waals surface area contributed by atoms with Gasteiger partial charge in [0.2, 0.25) is 0 Å². The number of aryl methyl sites for hydroxylation is 1. The number of benzene rings is 1. The molecule has 6 heteroatoms. The quantitative estimate of drug-likeness (QED) is 0.608. The van der Waals surface area contributed by atoms with Crippen molar-refractivity contribution in [2.24, 2.45) is 5.92 Å². The van der Waals surface area contributed by atoms with Gasteiger partial charge < -0.3 is 4.74 Å². The van der Waals surface area contributed by atoms with Crippen LogP contribution in [-0.2, 0) is 23.8 Å². The predicted octanol–water partition coefficient (Wildman–Crippen LogP) is 3.21. The van der Waals surface area contributed by atoms with Crippen LogP contribution < -0.4 is 0 Å². The third-order valence-corrected chi connectivity index (χ3v) is 5.02. The second-order valence-corrected chi connectivity index (χ2v) is 8.69. The summed E-state index contributed by atoms with van der Waals surface area (Å²) in [4.78, 5) is 11.9. The summed E-state index contributed by atoms with van der Waals surface area (Å²) in [7, 11) is -3.73. The second kappa shape index (κ2) is 6.61. The van der Waals surface area contributed by atoms with E-state index in [1.165, 1.54) is 0 Å². The van der Waals surface area contributed by atoms with E-state index in [9.17, 15) is 13.2 Å². The molecule has 5 nitrogen and oxygen atoms in total. The molecule has 1 aliphatic rings. The molecule has 1 fully saturated rings. The standard InChI is InChI=1S/C17H24O5S/c1-12-5-7-15(8-6-12)23(19,20)22-14-9-13(10-14)11-16(18)21-17(2,3)4/h5-8,13-14H,9-11H2,1-4H3. The first kappa shape index (κ1) is 17.9. The Morgan fingerprint density at radius 2 is 1.74 bits per heavy atom. The van der Waals surface area contributed by atoms with E-state index in [0.29, 0.717) is 19.3 Å². The SMILES string of the molecule is Cc1ccc(S(=O)(=O)OC2CC(CC(=O)OC(C)(C)C)C2)cc1. The predicted molar refractivity (Wildman–Crippen MR) is 86.4 cm³/mol. The van der Waals surface area contributed by atoms with Crippen LogP contribution in [0.15, 0.2) is 29.2 Å². The van der Waals surface area contributed by atoms with Gasteiger partial charge in [-0.1, -0.05) is 17.7 Å². The van der Waals surface area contributed by atoms with Crippen LogP contribution in [0.4, 0.5) is 0 Å². The lowest BCUT2D eigenvalue weighted by Gasteiger charge is -2.34. The fourth-order valence-electron chi connectivity index (χ4n) is 2.48. The van der Waals surface area contributed by atoms with E-state index < -0.39 is 15.7 Å². The minimum atomic E-state index is -3.73. The monoisotopic (exact) mass is 340 g/mol. The van der Waals surface area contributed by atoms with Gasteiger partial charge in [-0.3, -0.25) is 8.98 Å². The molecule has 1 aromatic rings. The van der Waals surface area contributed by atoms with Crippen molar-refractivity contribution < 1.29 is 22.1 Å². The highest BCUT2D eigenvalue weighted by molar-refractivity contribution is 7.86. The molecule has 23 heavy (non-hydrogen) atoms. The fourth-order valence-corrected chi connectivity index (χ4v) is 3.57. The van der Waals surface area contributed by atoms with Gasteiger partial charge in [-0.15, -0.1) is 0 Å². The van der Waals surface area contributed by atoms with Crippen LogP contribution in [0.2, 0.25) is 0 Å². The van der Waals surface area contributed by atoms with Crippen LogP contribution in [0.3, 0.4) is 0 Å². The van der Waals surface area contributed by atoms with Crippen LogP contribution >= 0.6 is 0 Å². The Bertz CT molecular complexity index is 649. The number of carbonyl (C=O) groups excluding carboxylic acids is 1. The van der Waals surface area contributed by atoms with Crippen molar-refractivity contribution in [3.63, 3.8) is 0 Å². The topological polar surface area (TPSA) is 69.7 Å². The van der Waals surface area contributed by atoms with Gasteiger partial charge in [-0.25, -0.2) is 0 Å². The first-order valence-corrected chi connectivity index (χ1v) is 9.18. The summed E-state index contributed by atoms with van der Waals surface area (Å²) in [5, 5.41) is 0. The Balaban J connectivity index is 1.81. The molecule has 0 aromatic heterocycles. The first-order chi connectivity index (χ1) is 10.5. The minimum Gasteiger partial charge on any atom is -0.460 e. The maximum atomic E-state index is 12.1. The summed E-state index contributed by atoms with van der Waals surface area (Å²) < 4.78 is 34.8. The Kier molecular flexibility index (Phi) is 5.16. The molecule has 1 aliphatic carbocycles. The summed E-state index contributed by atoms with van der Waals surface area (Å²) in [5.41, 5.74) is 0.496. The molecule has 0 aliphatic heterocycles. The van der Waals surface area contributed by atoms with Crippen LogP contribution in [0.25, 0.3) is 0 Å². The average molecular weight is 340 g/mol. The molecular weight excluding hydrogens is 316 g/mol. The maximum absolute atomic E-state index is 12.1. The van der Waals surface area contributed by atoms with Crippen LogP contribution in [-0.4, -0.2) is 26.1 Å². The lowest BCUT2D eigenvalue weighted by molar-refractivity contribution is -0.157. The zero-order chi connectivity index (χ0) is 17.3. The Morgan fingerprint density at radius 1 is 1.17 bits per heavy atom. The van der Waals surface area contributed by atoms with Crippen LogP contribution in [0.5, 0.6) is 0 Å². The second-order valence-electron chi connectivity index (χ2n) is 7.11. The van der Waals surface area contributed by atoms with Gasteiger partial charge in [0.25, 0.3) is 10.1 Å². The highest BCUT2D eigenvalue weighted by atomic mass is 32.2. The minimum absolute atomic E-state index is 0.128. The summed E-state index contributed by atoms with van der Waals surface area (Å²) in [6.45, 7) is 7.37. The summed E-state index contributed by atoms with van der Waals surface area (Å²) in [6, 6.07) is 6.56. The van der Waals surface area contributed by atoms with Gasteiger partial charge in [0.1, 0.15) is 5.60 Å². The Labute approximate surface area is 138 Å². The molecular formula is C17H24O5S. The molecule has 0 heterocycles. The lowest BCUT2D eigenvalue weighted by Crippen LogP contribution is -2.36. The van der Waals surface area contributed by atoms with E-state index in [0.717, 1.165) is 5.56 Å². The van der Waals surface area contributed by atoms with E-state index >= 15 is 0 Å². The maximum Gasteiger partial charge on any atom is 0.306 e. The molecule has 128 valence electrons. The third-order valence-electron chi connectivity index (χ3n) is 3.64. The molecule has 1 saturated carbocycles. The van der Waals surface area contributed by atoms with Gasteiger partial charge in [-0.2, -0.15) is 8.42 Å². The zero-order valence-electron chi connectivity index (χ0n) is 14.0. The van der Waals surface area contributed by atoms with Crippen molar-refractivity contribution in [1.29, 1.82) is 0 Å². The molecule has 0 radical (unpaired) electrons. The van der Waals surface area contributed by atoms with Crippen molar-refractivity contribution in [3.05, 3.63) is 29.8 Å². The Hall–Kier alpha value is -1.40. The van der Waals surface area contributed by atoms with Crippen molar-refractivity contribution in [2.45, 2.75) is 63.6 Å². The number of carbonyl (C=O) groups is 1. The van der Waals surface area contributed by atoms with Gasteiger partial charge in [-0.05, 0) is 58.6 Å². The van der Waals surface area contributed by atoms with E-state index in [1.54, 1.807) is 24.3 Å².